The third-order valence-electron chi connectivity index (χ3n) is 2.66. The number of alkyl halides is 1. The average Bonchev–Trinajstić information content (AvgIpc) is 2.22. The third kappa shape index (κ3) is 3.18. The number of carbonyl (C=O) groups is 2. The van der Waals surface area contributed by atoms with Gasteiger partial charge in [-0.15, -0.1) is 0 Å². The Morgan fingerprint density at radius 1 is 1.62 bits per heavy atom. The van der Waals surface area contributed by atoms with Gasteiger partial charge in [0.1, 0.15) is 0 Å². The molecule has 1 heterocycles. The number of rotatable bonds is 3. The van der Waals surface area contributed by atoms with E-state index in [9.17, 15) is 14.0 Å². The molecule has 0 spiro atoms. The number of ether oxygens (including phenoxy) is 1. The molecule has 0 aromatic carbocycles. The van der Waals surface area contributed by atoms with E-state index in [1.165, 1.54) is 11.8 Å². The molecule has 0 saturated carbocycles. The average molecular weight is 231 g/mol. The maximum absolute atomic E-state index is 13.7. The molecule has 1 amide bonds. The van der Waals surface area contributed by atoms with Crippen LogP contribution in [0.15, 0.2) is 0 Å². The molecule has 1 fully saturated rings. The van der Waals surface area contributed by atoms with Crippen LogP contribution in [-0.2, 0) is 9.53 Å². The lowest BCUT2D eigenvalue weighted by molar-refractivity contribution is -0.133. The van der Waals surface area contributed by atoms with Crippen LogP contribution in [0.4, 0.5) is 9.18 Å². The van der Waals surface area contributed by atoms with Crippen LogP contribution in [-0.4, -0.2) is 42.1 Å². The lowest BCUT2D eigenvalue weighted by Crippen LogP contribution is -2.52. The van der Waals surface area contributed by atoms with E-state index in [0.29, 0.717) is 6.61 Å². The van der Waals surface area contributed by atoms with Crippen LogP contribution >= 0.6 is 0 Å². The van der Waals surface area contributed by atoms with Crippen molar-refractivity contribution in [3.8, 4) is 0 Å². The number of halogens is 1. The minimum atomic E-state index is -1.93. The number of carbonyl (C=O) groups excluding carboxylic acids is 2. The number of piperidine rings is 1. The Kier molecular flexibility index (Phi) is 4.26. The summed E-state index contributed by atoms with van der Waals surface area (Å²) in [6.07, 6.45) is 1.28. The number of unbranched alkanes of at least 4 members (excludes halogenated alkanes) is 1. The number of Topliss-reactive ketones (excluding diaryl/α,β-unsaturated/α-hetero) is 1. The number of hydrogen-bond acceptors (Lipinski definition) is 3. The molecule has 1 atom stereocenters. The normalized spacial score (nSPS) is 25.7. The van der Waals surface area contributed by atoms with E-state index in [4.69, 9.17) is 4.74 Å². The predicted molar refractivity (Wildman–Crippen MR) is 57.0 cm³/mol. The van der Waals surface area contributed by atoms with Crippen molar-refractivity contribution < 1.29 is 18.7 Å². The Morgan fingerprint density at radius 3 is 2.88 bits per heavy atom. The van der Waals surface area contributed by atoms with Gasteiger partial charge in [-0.25, -0.2) is 9.18 Å². The molecule has 0 radical (unpaired) electrons. The number of likely N-dealkylation sites (tertiary alicyclic amines) is 1. The van der Waals surface area contributed by atoms with E-state index in [0.717, 1.165) is 12.8 Å². The summed E-state index contributed by atoms with van der Waals surface area (Å²) in [5.74, 6) is -0.440. The van der Waals surface area contributed by atoms with Gasteiger partial charge >= 0.3 is 6.09 Å². The molecule has 16 heavy (non-hydrogen) atoms. The molecule has 0 N–H and O–H groups in total. The topological polar surface area (TPSA) is 46.6 Å². The third-order valence-corrected chi connectivity index (χ3v) is 2.66. The highest BCUT2D eigenvalue weighted by atomic mass is 19.1. The quantitative estimate of drug-likeness (QED) is 0.697. The van der Waals surface area contributed by atoms with Gasteiger partial charge in [-0.3, -0.25) is 4.79 Å². The Morgan fingerprint density at radius 2 is 2.31 bits per heavy atom. The van der Waals surface area contributed by atoms with Gasteiger partial charge in [-0.05, 0) is 13.3 Å². The van der Waals surface area contributed by atoms with Crippen molar-refractivity contribution in [1.82, 2.24) is 4.90 Å². The first kappa shape index (κ1) is 12.9. The first-order valence-electron chi connectivity index (χ1n) is 5.61. The molecule has 1 rings (SSSR count). The largest absolute Gasteiger partial charge is 0.449 e. The minimum Gasteiger partial charge on any atom is -0.449 e. The van der Waals surface area contributed by atoms with Crippen molar-refractivity contribution in [3.05, 3.63) is 0 Å². The molecular formula is C11H18FNO3. The molecule has 1 aliphatic heterocycles. The maximum Gasteiger partial charge on any atom is 0.409 e. The summed E-state index contributed by atoms with van der Waals surface area (Å²) in [7, 11) is 0. The minimum absolute atomic E-state index is 0.0654. The summed E-state index contributed by atoms with van der Waals surface area (Å²) >= 11 is 0. The predicted octanol–water partition coefficient (Wildman–Crippen LogP) is 1.93. The van der Waals surface area contributed by atoms with E-state index in [-0.39, 0.29) is 19.5 Å². The van der Waals surface area contributed by atoms with E-state index in [2.05, 4.69) is 0 Å². The monoisotopic (exact) mass is 231 g/mol. The molecule has 1 unspecified atom stereocenters. The van der Waals surface area contributed by atoms with Gasteiger partial charge in [0.05, 0.1) is 13.2 Å². The van der Waals surface area contributed by atoms with Crippen LogP contribution in [0.1, 0.15) is 33.1 Å². The summed E-state index contributed by atoms with van der Waals surface area (Å²) in [6, 6.07) is 0. The zero-order chi connectivity index (χ0) is 12.2. The lowest BCUT2D eigenvalue weighted by atomic mass is 9.96. The molecule has 0 aliphatic carbocycles. The number of ketones is 1. The van der Waals surface area contributed by atoms with Crippen molar-refractivity contribution in [3.63, 3.8) is 0 Å². The fraction of sp³-hybridized carbons (Fsp3) is 0.818. The van der Waals surface area contributed by atoms with E-state index < -0.39 is 17.5 Å². The highest BCUT2D eigenvalue weighted by Gasteiger charge is 2.40. The van der Waals surface area contributed by atoms with E-state index in [1.54, 1.807) is 0 Å². The highest BCUT2D eigenvalue weighted by Crippen LogP contribution is 2.21. The van der Waals surface area contributed by atoms with Gasteiger partial charge in [0.15, 0.2) is 11.5 Å². The molecule has 1 aliphatic rings. The molecule has 0 bridgehead atoms. The molecule has 1 saturated heterocycles. The smallest absolute Gasteiger partial charge is 0.409 e. The Hall–Kier alpha value is -1.13. The van der Waals surface area contributed by atoms with Crippen molar-refractivity contribution in [2.75, 3.05) is 19.7 Å². The van der Waals surface area contributed by atoms with Gasteiger partial charge in [0.2, 0.25) is 0 Å². The van der Waals surface area contributed by atoms with Gasteiger partial charge in [-0.2, -0.15) is 0 Å². The summed E-state index contributed by atoms with van der Waals surface area (Å²) in [6.45, 7) is 3.61. The molecule has 5 heteroatoms. The fourth-order valence-electron chi connectivity index (χ4n) is 1.57. The number of hydrogen-bond donors (Lipinski definition) is 0. The summed E-state index contributed by atoms with van der Waals surface area (Å²) in [5.41, 5.74) is -1.93. The van der Waals surface area contributed by atoms with Gasteiger partial charge < -0.3 is 9.64 Å². The first-order chi connectivity index (χ1) is 7.47. The Balaban J connectivity index is 2.43. The first-order valence-corrected chi connectivity index (χ1v) is 5.61. The summed E-state index contributed by atoms with van der Waals surface area (Å²) in [5, 5.41) is 0. The summed E-state index contributed by atoms with van der Waals surface area (Å²) in [4.78, 5) is 23.9. The second-order valence-electron chi connectivity index (χ2n) is 4.26. The molecular weight excluding hydrogens is 213 g/mol. The lowest BCUT2D eigenvalue weighted by Gasteiger charge is -2.33. The Labute approximate surface area is 94.7 Å². The van der Waals surface area contributed by atoms with Gasteiger partial charge in [0, 0.05) is 13.0 Å². The SMILES string of the molecule is CCCCOC(=O)N1CCC(=O)C(C)(F)C1. The standard InChI is InChI=1S/C11H18FNO3/c1-3-4-7-16-10(15)13-6-5-9(14)11(2,12)8-13/h3-8H2,1-2H3. The number of nitrogens with zero attached hydrogens (tertiary/aromatic N) is 1. The van der Waals surface area contributed by atoms with Crippen molar-refractivity contribution >= 4 is 11.9 Å². The zero-order valence-corrected chi connectivity index (χ0v) is 9.79. The molecule has 0 aromatic rings. The fourth-order valence-corrected chi connectivity index (χ4v) is 1.57. The van der Waals surface area contributed by atoms with Crippen molar-refractivity contribution in [2.24, 2.45) is 0 Å². The number of amides is 1. The molecule has 92 valence electrons. The van der Waals surface area contributed by atoms with Gasteiger partial charge in [-0.1, -0.05) is 13.3 Å². The molecule has 4 nitrogen and oxygen atoms in total. The van der Waals surface area contributed by atoms with Crippen LogP contribution in [0.25, 0.3) is 0 Å². The highest BCUT2D eigenvalue weighted by molar-refractivity contribution is 5.89. The van der Waals surface area contributed by atoms with Gasteiger partial charge in [0.25, 0.3) is 0 Å². The Bertz CT molecular complexity index is 278. The second kappa shape index (κ2) is 5.27. The van der Waals surface area contributed by atoms with E-state index in [1.807, 2.05) is 6.92 Å². The van der Waals surface area contributed by atoms with Crippen LogP contribution in [0, 0.1) is 0 Å². The van der Waals surface area contributed by atoms with Crippen LogP contribution in [0.2, 0.25) is 0 Å². The zero-order valence-electron chi connectivity index (χ0n) is 9.79. The van der Waals surface area contributed by atoms with Crippen LogP contribution in [0.3, 0.4) is 0 Å². The van der Waals surface area contributed by atoms with Crippen LogP contribution < -0.4 is 0 Å². The maximum atomic E-state index is 13.7. The van der Waals surface area contributed by atoms with E-state index >= 15 is 0 Å². The van der Waals surface area contributed by atoms with Crippen molar-refractivity contribution in [1.29, 1.82) is 0 Å². The van der Waals surface area contributed by atoms with Crippen molar-refractivity contribution in [2.45, 2.75) is 38.8 Å². The second-order valence-corrected chi connectivity index (χ2v) is 4.26. The summed E-state index contributed by atoms with van der Waals surface area (Å²) < 4.78 is 18.6. The van der Waals surface area contributed by atoms with Crippen LogP contribution in [0.5, 0.6) is 0 Å². The molecule has 0 aromatic heterocycles.